The van der Waals surface area contributed by atoms with Crippen LogP contribution in [0.4, 0.5) is 0 Å². The molecule has 1 atom stereocenters. The van der Waals surface area contributed by atoms with Crippen molar-refractivity contribution < 1.29 is 18.3 Å². The second kappa shape index (κ2) is 4.00. The summed E-state index contributed by atoms with van der Waals surface area (Å²) in [6.07, 6.45) is 0. The lowest BCUT2D eigenvalue weighted by molar-refractivity contribution is -0.136. The Kier molecular flexibility index (Phi) is 3.11. The maximum absolute atomic E-state index is 11.6. The predicted octanol–water partition coefficient (Wildman–Crippen LogP) is 0.138. The molecular weight excluding hydrogens is 218 g/mol. The Morgan fingerprint density at radius 1 is 1.33 bits per heavy atom. The highest BCUT2D eigenvalue weighted by molar-refractivity contribution is 7.92. The molecule has 0 aromatic heterocycles. The molecule has 0 aliphatic rings. The maximum atomic E-state index is 11.6. The quantitative estimate of drug-likeness (QED) is 0.768. The normalized spacial score (nSPS) is 13.5. The number of carbonyl (C=O) groups is 1. The van der Waals surface area contributed by atoms with Gasteiger partial charge in [0, 0.05) is 0 Å². The number of aliphatic carboxylic acids is 1. The van der Waals surface area contributed by atoms with Crippen molar-refractivity contribution in [2.24, 2.45) is 5.73 Å². The number of nitrogens with two attached hydrogens (primary N) is 1. The van der Waals surface area contributed by atoms with Gasteiger partial charge in [-0.15, -0.1) is 0 Å². The summed E-state index contributed by atoms with van der Waals surface area (Å²) in [6, 6.07) is 5.85. The molecule has 0 aliphatic heterocycles. The summed E-state index contributed by atoms with van der Waals surface area (Å²) in [5, 5.41) is 6.61. The average Bonchev–Trinajstić information content (AvgIpc) is 2.17. The average molecular weight is 229 g/mol. The first-order chi connectivity index (χ1) is 6.85. The van der Waals surface area contributed by atoms with Crippen molar-refractivity contribution >= 4 is 15.8 Å². The van der Waals surface area contributed by atoms with Gasteiger partial charge in [-0.25, -0.2) is 13.2 Å². The molecule has 5 nitrogen and oxygen atoms in total. The predicted molar refractivity (Wildman–Crippen MR) is 54.0 cm³/mol. The Labute approximate surface area is 87.4 Å². The van der Waals surface area contributed by atoms with Gasteiger partial charge in [0.05, 0.1) is 4.90 Å². The smallest absolute Gasteiger partial charge is 0.336 e. The van der Waals surface area contributed by atoms with Gasteiger partial charge < -0.3 is 10.8 Å². The third-order valence-corrected chi connectivity index (χ3v) is 3.73. The summed E-state index contributed by atoms with van der Waals surface area (Å²) in [5.41, 5.74) is 5.96. The number of aryl methyl sites for hydroxylation is 1. The molecule has 3 N–H and O–H groups in total. The van der Waals surface area contributed by atoms with Crippen LogP contribution < -0.4 is 5.73 Å². The van der Waals surface area contributed by atoms with Crippen molar-refractivity contribution in [3.05, 3.63) is 29.8 Å². The second-order valence-electron chi connectivity index (χ2n) is 3.12. The van der Waals surface area contributed by atoms with Crippen molar-refractivity contribution in [3.63, 3.8) is 0 Å². The third kappa shape index (κ3) is 2.34. The van der Waals surface area contributed by atoms with Gasteiger partial charge in [0.2, 0.25) is 15.2 Å². The maximum Gasteiger partial charge on any atom is 0.336 e. The van der Waals surface area contributed by atoms with Gasteiger partial charge in [0.25, 0.3) is 0 Å². The fourth-order valence-electron chi connectivity index (χ4n) is 1.01. The van der Waals surface area contributed by atoms with E-state index < -0.39 is 21.2 Å². The summed E-state index contributed by atoms with van der Waals surface area (Å²) in [5.74, 6) is -1.56. The molecule has 1 rings (SSSR count). The van der Waals surface area contributed by atoms with E-state index in [1.165, 1.54) is 12.1 Å². The molecule has 0 bridgehead atoms. The molecule has 6 heteroatoms. The van der Waals surface area contributed by atoms with E-state index in [4.69, 9.17) is 10.8 Å². The highest BCUT2D eigenvalue weighted by Gasteiger charge is 2.29. The molecule has 0 aliphatic carbocycles. The molecule has 0 amide bonds. The molecule has 1 aromatic rings. The Morgan fingerprint density at radius 2 is 1.80 bits per heavy atom. The standard InChI is InChI=1S/C9H11NO4S/c1-6-2-4-7(5-3-6)15(13,14)8(10)9(11)12/h2-5,8H,10H2,1H3,(H,11,12)/t8-/m0/s1. The van der Waals surface area contributed by atoms with E-state index in [2.05, 4.69) is 0 Å². The van der Waals surface area contributed by atoms with Crippen LogP contribution in [0.5, 0.6) is 0 Å². The van der Waals surface area contributed by atoms with Gasteiger partial charge in [-0.2, -0.15) is 0 Å². The van der Waals surface area contributed by atoms with Gasteiger partial charge in [-0.1, -0.05) is 17.7 Å². The van der Waals surface area contributed by atoms with Crippen molar-refractivity contribution in [2.45, 2.75) is 17.2 Å². The molecule has 0 spiro atoms. The Bertz CT molecular complexity index is 463. The van der Waals surface area contributed by atoms with E-state index in [0.29, 0.717) is 0 Å². The van der Waals surface area contributed by atoms with Crippen LogP contribution in [0, 0.1) is 6.92 Å². The molecular formula is C9H11NO4S. The van der Waals surface area contributed by atoms with Crippen LogP contribution in [0.25, 0.3) is 0 Å². The highest BCUT2D eigenvalue weighted by atomic mass is 32.2. The number of sulfone groups is 1. The topological polar surface area (TPSA) is 97.5 Å². The fraction of sp³-hybridized carbons (Fsp3) is 0.222. The lowest BCUT2D eigenvalue weighted by Gasteiger charge is -2.08. The van der Waals surface area contributed by atoms with Crippen LogP contribution in [0.3, 0.4) is 0 Å². The van der Waals surface area contributed by atoms with Crippen LogP contribution in [0.15, 0.2) is 29.2 Å². The van der Waals surface area contributed by atoms with E-state index in [1.54, 1.807) is 19.1 Å². The van der Waals surface area contributed by atoms with Crippen LogP contribution in [0.1, 0.15) is 5.56 Å². The molecule has 0 heterocycles. The molecule has 0 saturated carbocycles. The Morgan fingerprint density at radius 3 is 2.20 bits per heavy atom. The summed E-state index contributed by atoms with van der Waals surface area (Å²) in [7, 11) is -3.98. The molecule has 1 aromatic carbocycles. The number of hydrogen-bond acceptors (Lipinski definition) is 4. The van der Waals surface area contributed by atoms with Crippen LogP contribution in [-0.4, -0.2) is 24.9 Å². The van der Waals surface area contributed by atoms with E-state index in [1.807, 2.05) is 0 Å². The van der Waals surface area contributed by atoms with E-state index in [-0.39, 0.29) is 4.90 Å². The fourth-order valence-corrected chi connectivity index (χ4v) is 2.08. The lowest BCUT2D eigenvalue weighted by Crippen LogP contribution is -2.38. The van der Waals surface area contributed by atoms with Gasteiger partial charge >= 0.3 is 5.97 Å². The van der Waals surface area contributed by atoms with E-state index in [9.17, 15) is 13.2 Å². The van der Waals surface area contributed by atoms with Crippen LogP contribution >= 0.6 is 0 Å². The van der Waals surface area contributed by atoms with Crippen LogP contribution in [-0.2, 0) is 14.6 Å². The largest absolute Gasteiger partial charge is 0.479 e. The monoisotopic (exact) mass is 229 g/mol. The van der Waals surface area contributed by atoms with Crippen LogP contribution in [0.2, 0.25) is 0 Å². The minimum Gasteiger partial charge on any atom is -0.479 e. The lowest BCUT2D eigenvalue weighted by atomic mass is 10.2. The first-order valence-electron chi connectivity index (χ1n) is 4.14. The molecule has 0 radical (unpaired) electrons. The molecule has 15 heavy (non-hydrogen) atoms. The minimum atomic E-state index is -3.98. The minimum absolute atomic E-state index is 0.0806. The molecule has 0 saturated heterocycles. The first kappa shape index (κ1) is 11.7. The van der Waals surface area contributed by atoms with E-state index in [0.717, 1.165) is 5.56 Å². The zero-order chi connectivity index (χ0) is 11.6. The Balaban J connectivity index is 3.17. The number of carboxylic acids is 1. The number of benzene rings is 1. The number of rotatable bonds is 3. The SMILES string of the molecule is Cc1ccc(S(=O)(=O)[C@H](N)C(=O)O)cc1. The summed E-state index contributed by atoms with van der Waals surface area (Å²) in [6.45, 7) is 1.80. The van der Waals surface area contributed by atoms with Crippen molar-refractivity contribution in [3.8, 4) is 0 Å². The molecule has 82 valence electrons. The Hall–Kier alpha value is -1.40. The second-order valence-corrected chi connectivity index (χ2v) is 5.19. The number of hydrogen-bond donors (Lipinski definition) is 2. The van der Waals surface area contributed by atoms with E-state index >= 15 is 0 Å². The molecule has 0 fully saturated rings. The van der Waals surface area contributed by atoms with Gasteiger partial charge in [-0.3, -0.25) is 0 Å². The van der Waals surface area contributed by atoms with Gasteiger partial charge in [-0.05, 0) is 19.1 Å². The van der Waals surface area contributed by atoms with Crippen molar-refractivity contribution in [1.82, 2.24) is 0 Å². The van der Waals surface area contributed by atoms with Crippen molar-refractivity contribution in [2.75, 3.05) is 0 Å². The number of carboxylic acid groups (broad SMARTS) is 1. The van der Waals surface area contributed by atoms with Gasteiger partial charge in [0.15, 0.2) is 0 Å². The molecule has 0 unspecified atom stereocenters. The zero-order valence-corrected chi connectivity index (χ0v) is 8.86. The van der Waals surface area contributed by atoms with Crippen molar-refractivity contribution in [1.29, 1.82) is 0 Å². The summed E-state index contributed by atoms with van der Waals surface area (Å²) < 4.78 is 23.2. The zero-order valence-electron chi connectivity index (χ0n) is 8.04. The summed E-state index contributed by atoms with van der Waals surface area (Å²) >= 11 is 0. The van der Waals surface area contributed by atoms with Gasteiger partial charge in [0.1, 0.15) is 0 Å². The third-order valence-electron chi connectivity index (χ3n) is 1.93. The summed E-state index contributed by atoms with van der Waals surface area (Å²) in [4.78, 5) is 10.4. The first-order valence-corrected chi connectivity index (χ1v) is 5.69. The highest BCUT2D eigenvalue weighted by Crippen LogP contribution is 2.14.